The standard InChI is InChI=1S/C18H23NO/c1-4-18(19)15-7-9-17(10-8-15)20-12-16-11-13(2)5-6-14(16)3/h5-11,18H,4,12,19H2,1-3H3/t18-/m1/s1. The number of nitrogens with two attached hydrogens (primary N) is 1. The maximum absolute atomic E-state index is 6.01. The quantitative estimate of drug-likeness (QED) is 0.878. The molecule has 0 aliphatic heterocycles. The third-order valence-corrected chi connectivity index (χ3v) is 3.65. The minimum Gasteiger partial charge on any atom is -0.489 e. The third kappa shape index (κ3) is 3.61. The first kappa shape index (κ1) is 14.6. The highest BCUT2D eigenvalue weighted by Gasteiger charge is 2.04. The molecule has 2 nitrogen and oxygen atoms in total. The summed E-state index contributed by atoms with van der Waals surface area (Å²) >= 11 is 0. The Balaban J connectivity index is 2.02. The van der Waals surface area contributed by atoms with Gasteiger partial charge in [0.2, 0.25) is 0 Å². The smallest absolute Gasteiger partial charge is 0.119 e. The maximum atomic E-state index is 6.01. The topological polar surface area (TPSA) is 35.2 Å². The van der Waals surface area contributed by atoms with Crippen LogP contribution in [-0.4, -0.2) is 0 Å². The highest BCUT2D eigenvalue weighted by molar-refractivity contribution is 5.32. The van der Waals surface area contributed by atoms with Crippen molar-refractivity contribution in [2.45, 2.75) is 39.8 Å². The summed E-state index contributed by atoms with van der Waals surface area (Å²) < 4.78 is 5.86. The van der Waals surface area contributed by atoms with E-state index in [9.17, 15) is 0 Å². The van der Waals surface area contributed by atoms with E-state index >= 15 is 0 Å². The largest absolute Gasteiger partial charge is 0.489 e. The molecule has 20 heavy (non-hydrogen) atoms. The predicted octanol–water partition coefficient (Wildman–Crippen LogP) is 4.29. The molecule has 0 heterocycles. The van der Waals surface area contributed by atoms with E-state index < -0.39 is 0 Å². The van der Waals surface area contributed by atoms with Crippen LogP contribution in [0.4, 0.5) is 0 Å². The molecule has 2 aromatic carbocycles. The Morgan fingerprint density at radius 1 is 1.05 bits per heavy atom. The van der Waals surface area contributed by atoms with Gasteiger partial charge in [-0.25, -0.2) is 0 Å². The van der Waals surface area contributed by atoms with E-state index in [2.05, 4.69) is 39.0 Å². The Labute approximate surface area is 121 Å². The number of aryl methyl sites for hydroxylation is 2. The Morgan fingerprint density at radius 3 is 2.40 bits per heavy atom. The molecule has 0 aliphatic rings. The van der Waals surface area contributed by atoms with Gasteiger partial charge in [0.1, 0.15) is 12.4 Å². The predicted molar refractivity (Wildman–Crippen MR) is 83.9 cm³/mol. The molecule has 0 unspecified atom stereocenters. The molecular weight excluding hydrogens is 246 g/mol. The van der Waals surface area contributed by atoms with Crippen LogP contribution >= 0.6 is 0 Å². The van der Waals surface area contributed by atoms with Crippen molar-refractivity contribution in [3.63, 3.8) is 0 Å². The minimum absolute atomic E-state index is 0.114. The SMILES string of the molecule is CC[C@@H](N)c1ccc(OCc2cc(C)ccc2C)cc1. The molecule has 0 fully saturated rings. The average molecular weight is 269 g/mol. The summed E-state index contributed by atoms with van der Waals surface area (Å²) in [6.45, 7) is 6.91. The van der Waals surface area contributed by atoms with Crippen molar-refractivity contribution < 1.29 is 4.74 Å². The fourth-order valence-electron chi connectivity index (χ4n) is 2.16. The molecule has 2 heteroatoms. The van der Waals surface area contributed by atoms with Gasteiger partial charge in [-0.2, -0.15) is 0 Å². The average Bonchev–Trinajstić information content (AvgIpc) is 2.48. The van der Waals surface area contributed by atoms with Gasteiger partial charge in [-0.3, -0.25) is 0 Å². The highest BCUT2D eigenvalue weighted by Crippen LogP contribution is 2.20. The molecular formula is C18H23NO. The molecule has 2 aromatic rings. The number of hydrogen-bond donors (Lipinski definition) is 1. The summed E-state index contributed by atoms with van der Waals surface area (Å²) in [7, 11) is 0. The third-order valence-electron chi connectivity index (χ3n) is 3.65. The molecule has 0 saturated carbocycles. The van der Waals surface area contributed by atoms with Crippen molar-refractivity contribution in [2.75, 3.05) is 0 Å². The number of hydrogen-bond acceptors (Lipinski definition) is 2. The maximum Gasteiger partial charge on any atom is 0.119 e. The first-order chi connectivity index (χ1) is 9.60. The van der Waals surface area contributed by atoms with E-state index in [0.717, 1.165) is 17.7 Å². The van der Waals surface area contributed by atoms with Gasteiger partial charge in [-0.1, -0.05) is 42.8 Å². The van der Waals surface area contributed by atoms with Gasteiger partial charge in [0.15, 0.2) is 0 Å². The summed E-state index contributed by atoms with van der Waals surface area (Å²) in [6.07, 6.45) is 0.947. The summed E-state index contributed by atoms with van der Waals surface area (Å²) in [5.74, 6) is 0.887. The number of rotatable bonds is 5. The van der Waals surface area contributed by atoms with Crippen LogP contribution in [0.3, 0.4) is 0 Å². The zero-order valence-electron chi connectivity index (χ0n) is 12.5. The van der Waals surface area contributed by atoms with E-state index in [1.165, 1.54) is 16.7 Å². The van der Waals surface area contributed by atoms with E-state index in [1.807, 2.05) is 24.3 Å². The normalized spacial score (nSPS) is 12.2. The molecule has 106 valence electrons. The molecule has 0 amide bonds. The molecule has 0 radical (unpaired) electrons. The van der Waals surface area contributed by atoms with E-state index in [0.29, 0.717) is 6.61 Å². The van der Waals surface area contributed by atoms with Gasteiger partial charge in [0.25, 0.3) is 0 Å². The molecule has 0 aromatic heterocycles. The summed E-state index contributed by atoms with van der Waals surface area (Å²) in [5, 5.41) is 0. The Morgan fingerprint density at radius 2 is 1.75 bits per heavy atom. The van der Waals surface area contributed by atoms with E-state index in [1.54, 1.807) is 0 Å². The van der Waals surface area contributed by atoms with Crippen molar-refractivity contribution in [3.05, 3.63) is 64.7 Å². The zero-order valence-corrected chi connectivity index (χ0v) is 12.5. The zero-order chi connectivity index (χ0) is 14.5. The van der Waals surface area contributed by atoms with Crippen LogP contribution in [0.15, 0.2) is 42.5 Å². The second kappa shape index (κ2) is 6.58. The van der Waals surface area contributed by atoms with Gasteiger partial charge in [0.05, 0.1) is 0 Å². The van der Waals surface area contributed by atoms with Crippen molar-refractivity contribution in [2.24, 2.45) is 5.73 Å². The van der Waals surface area contributed by atoms with Crippen LogP contribution in [0.5, 0.6) is 5.75 Å². The fraction of sp³-hybridized carbons (Fsp3) is 0.333. The number of benzene rings is 2. The second-order valence-corrected chi connectivity index (χ2v) is 5.30. The second-order valence-electron chi connectivity index (χ2n) is 5.30. The molecule has 0 bridgehead atoms. The van der Waals surface area contributed by atoms with Crippen LogP contribution in [0.25, 0.3) is 0 Å². The van der Waals surface area contributed by atoms with Crippen LogP contribution < -0.4 is 10.5 Å². The van der Waals surface area contributed by atoms with Crippen molar-refractivity contribution in [1.82, 2.24) is 0 Å². The van der Waals surface area contributed by atoms with Gasteiger partial charge in [-0.05, 0) is 49.1 Å². The summed E-state index contributed by atoms with van der Waals surface area (Å²) in [6, 6.07) is 14.6. The van der Waals surface area contributed by atoms with E-state index in [4.69, 9.17) is 10.5 Å². The molecule has 1 atom stereocenters. The van der Waals surface area contributed by atoms with Crippen LogP contribution in [0.1, 0.15) is 41.6 Å². The highest BCUT2D eigenvalue weighted by atomic mass is 16.5. The lowest BCUT2D eigenvalue weighted by Gasteiger charge is -2.12. The van der Waals surface area contributed by atoms with Gasteiger partial charge < -0.3 is 10.5 Å². The summed E-state index contributed by atoms with van der Waals surface area (Å²) in [5.41, 5.74) is 10.9. The Kier molecular flexibility index (Phi) is 4.80. The lowest BCUT2D eigenvalue weighted by molar-refractivity contribution is 0.305. The molecule has 0 saturated heterocycles. The number of ether oxygens (including phenoxy) is 1. The van der Waals surface area contributed by atoms with Crippen molar-refractivity contribution in [3.8, 4) is 5.75 Å². The lowest BCUT2D eigenvalue weighted by atomic mass is 10.1. The minimum atomic E-state index is 0.114. The lowest BCUT2D eigenvalue weighted by Crippen LogP contribution is -2.08. The molecule has 2 rings (SSSR count). The Hall–Kier alpha value is -1.80. The summed E-state index contributed by atoms with van der Waals surface area (Å²) in [4.78, 5) is 0. The van der Waals surface area contributed by atoms with E-state index in [-0.39, 0.29) is 6.04 Å². The van der Waals surface area contributed by atoms with Gasteiger partial charge >= 0.3 is 0 Å². The fourth-order valence-corrected chi connectivity index (χ4v) is 2.16. The Bertz CT molecular complexity index is 560. The van der Waals surface area contributed by atoms with Gasteiger partial charge in [-0.15, -0.1) is 0 Å². The monoisotopic (exact) mass is 269 g/mol. The molecule has 0 spiro atoms. The van der Waals surface area contributed by atoms with Gasteiger partial charge in [0, 0.05) is 6.04 Å². The van der Waals surface area contributed by atoms with Crippen molar-refractivity contribution in [1.29, 1.82) is 0 Å². The molecule has 0 aliphatic carbocycles. The first-order valence-electron chi connectivity index (χ1n) is 7.14. The van der Waals surface area contributed by atoms with Crippen LogP contribution in [0.2, 0.25) is 0 Å². The molecule has 2 N–H and O–H groups in total. The van der Waals surface area contributed by atoms with Crippen LogP contribution in [0, 0.1) is 13.8 Å². The first-order valence-corrected chi connectivity index (χ1v) is 7.14. The van der Waals surface area contributed by atoms with Crippen LogP contribution in [-0.2, 0) is 6.61 Å². The van der Waals surface area contributed by atoms with Crippen molar-refractivity contribution >= 4 is 0 Å².